The Kier molecular flexibility index (Phi) is 7.83. The maximum absolute atomic E-state index is 12.4. The monoisotopic (exact) mass is 436 g/mol. The average Bonchev–Trinajstić information content (AvgIpc) is 2.72. The van der Waals surface area contributed by atoms with Crippen LogP contribution < -0.4 is 20.1 Å². The molecule has 2 aromatic rings. The van der Waals surface area contributed by atoms with Crippen molar-refractivity contribution in [3.05, 3.63) is 48.2 Å². The summed E-state index contributed by atoms with van der Waals surface area (Å²) in [4.78, 5) is 38.5. The van der Waals surface area contributed by atoms with Crippen molar-refractivity contribution in [1.29, 1.82) is 0 Å². The van der Waals surface area contributed by atoms with Crippen LogP contribution in [0.15, 0.2) is 47.5 Å². The quantitative estimate of drug-likeness (QED) is 0.468. The van der Waals surface area contributed by atoms with Crippen molar-refractivity contribution in [3.8, 4) is 5.88 Å². The summed E-state index contributed by atoms with van der Waals surface area (Å²) in [6, 6.07) is 7.76. The molecule has 1 aromatic carbocycles. The highest BCUT2D eigenvalue weighted by molar-refractivity contribution is 7.90. The van der Waals surface area contributed by atoms with E-state index in [4.69, 9.17) is 9.84 Å². The number of sulfonamides is 1. The van der Waals surface area contributed by atoms with Crippen molar-refractivity contribution >= 4 is 33.6 Å². The van der Waals surface area contributed by atoms with Crippen LogP contribution in [0.25, 0.3) is 0 Å². The number of amides is 3. The minimum Gasteiger partial charge on any atom is -0.395 e. The van der Waals surface area contributed by atoms with E-state index in [1.165, 1.54) is 36.4 Å². The molecular formula is C18H20N4O7S. The topological polar surface area (TPSA) is 164 Å². The van der Waals surface area contributed by atoms with E-state index in [0.717, 1.165) is 6.20 Å². The lowest BCUT2D eigenvalue weighted by Crippen LogP contribution is -2.31. The van der Waals surface area contributed by atoms with Gasteiger partial charge >= 0.3 is 6.09 Å². The number of aromatic nitrogens is 1. The fourth-order valence-electron chi connectivity index (χ4n) is 2.07. The van der Waals surface area contributed by atoms with E-state index >= 15 is 0 Å². The Hall–Kier alpha value is -3.51. The third-order valence-corrected chi connectivity index (χ3v) is 4.92. The molecule has 0 radical (unpaired) electrons. The van der Waals surface area contributed by atoms with Crippen LogP contribution in [0.3, 0.4) is 0 Å². The second-order valence-electron chi connectivity index (χ2n) is 5.79. The highest BCUT2D eigenvalue weighted by atomic mass is 32.2. The molecule has 0 saturated heterocycles. The van der Waals surface area contributed by atoms with E-state index in [1.54, 1.807) is 6.92 Å². The lowest BCUT2D eigenvalue weighted by atomic mass is 10.3. The summed E-state index contributed by atoms with van der Waals surface area (Å²) < 4.78 is 31.5. The molecule has 2 rings (SSSR count). The van der Waals surface area contributed by atoms with Gasteiger partial charge in [-0.1, -0.05) is 6.92 Å². The highest BCUT2D eigenvalue weighted by Crippen LogP contribution is 2.15. The first kappa shape index (κ1) is 22.8. The van der Waals surface area contributed by atoms with Crippen LogP contribution in [-0.4, -0.2) is 49.6 Å². The molecule has 0 saturated carbocycles. The molecular weight excluding hydrogens is 416 g/mol. The minimum absolute atomic E-state index is 0.00311. The summed E-state index contributed by atoms with van der Waals surface area (Å²) >= 11 is 0. The van der Waals surface area contributed by atoms with E-state index in [2.05, 4.69) is 15.6 Å². The van der Waals surface area contributed by atoms with Crippen molar-refractivity contribution in [2.24, 2.45) is 0 Å². The van der Waals surface area contributed by atoms with Crippen LogP contribution in [0.4, 0.5) is 10.5 Å². The fourth-order valence-corrected chi connectivity index (χ4v) is 3.04. The number of ether oxygens (including phenoxy) is 1. The third kappa shape index (κ3) is 6.53. The number of pyridine rings is 1. The molecule has 30 heavy (non-hydrogen) atoms. The van der Waals surface area contributed by atoms with Crippen molar-refractivity contribution in [2.75, 3.05) is 18.5 Å². The van der Waals surface area contributed by atoms with E-state index < -0.39 is 22.0 Å². The van der Waals surface area contributed by atoms with Gasteiger partial charge in [0, 0.05) is 30.9 Å². The number of hydrogen-bond donors (Lipinski definition) is 4. The van der Waals surface area contributed by atoms with Gasteiger partial charge in [0.2, 0.25) is 11.8 Å². The summed E-state index contributed by atoms with van der Waals surface area (Å²) in [7, 11) is -4.16. The molecule has 1 aromatic heterocycles. The number of hydrogen-bond acceptors (Lipinski definition) is 8. The largest absolute Gasteiger partial charge is 0.414 e. The molecule has 4 N–H and O–H groups in total. The third-order valence-electron chi connectivity index (χ3n) is 3.57. The van der Waals surface area contributed by atoms with Crippen LogP contribution in [0.1, 0.15) is 23.7 Å². The number of aliphatic hydroxyl groups is 1. The Bertz CT molecular complexity index is 1010. The Morgan fingerprint density at radius 3 is 2.37 bits per heavy atom. The van der Waals surface area contributed by atoms with Gasteiger partial charge in [0.05, 0.1) is 17.1 Å². The number of rotatable bonds is 8. The molecule has 0 bridgehead atoms. The number of benzene rings is 1. The number of anilines is 1. The van der Waals surface area contributed by atoms with Crippen molar-refractivity contribution in [3.63, 3.8) is 0 Å². The lowest BCUT2D eigenvalue weighted by Gasteiger charge is -2.09. The molecule has 0 aliphatic heterocycles. The molecule has 0 atom stereocenters. The standard InChI is InChI=1S/C18H20N4O7S/c1-2-15(24)21-13-4-6-14(7-5-13)30(27,28)22-17(25)12-3-8-16(20-11-12)29-18(26)19-9-10-23/h3-8,11,23H,2,9-10H2,1H3,(H,19,26)(H,21,24)(H,22,25). The minimum atomic E-state index is -4.16. The Labute approximate surface area is 172 Å². The highest BCUT2D eigenvalue weighted by Gasteiger charge is 2.19. The average molecular weight is 436 g/mol. The summed E-state index contributed by atoms with van der Waals surface area (Å²) in [5.41, 5.74) is 0.350. The molecule has 0 aliphatic rings. The number of nitrogens with one attached hydrogen (secondary N) is 3. The second-order valence-corrected chi connectivity index (χ2v) is 7.47. The maximum atomic E-state index is 12.4. The van der Waals surface area contributed by atoms with Crippen LogP contribution in [0.5, 0.6) is 5.88 Å². The molecule has 0 fully saturated rings. The molecule has 0 aliphatic carbocycles. The van der Waals surface area contributed by atoms with Gasteiger partial charge in [-0.25, -0.2) is 22.9 Å². The van der Waals surface area contributed by atoms with Gasteiger partial charge in [0.1, 0.15) is 0 Å². The van der Waals surface area contributed by atoms with Crippen molar-refractivity contribution < 1.29 is 32.6 Å². The number of aliphatic hydroxyl groups excluding tert-OH is 1. The van der Waals surface area contributed by atoms with Gasteiger partial charge in [0.15, 0.2) is 0 Å². The van der Waals surface area contributed by atoms with Crippen LogP contribution in [0, 0.1) is 0 Å². The van der Waals surface area contributed by atoms with E-state index in [-0.39, 0.29) is 41.8 Å². The number of carbonyl (C=O) groups is 3. The van der Waals surface area contributed by atoms with Gasteiger partial charge in [-0.15, -0.1) is 0 Å². The van der Waals surface area contributed by atoms with Gasteiger partial charge in [-0.2, -0.15) is 0 Å². The van der Waals surface area contributed by atoms with E-state index in [9.17, 15) is 22.8 Å². The predicted molar refractivity (Wildman–Crippen MR) is 105 cm³/mol. The fraction of sp³-hybridized carbons (Fsp3) is 0.222. The lowest BCUT2D eigenvalue weighted by molar-refractivity contribution is -0.115. The number of carbonyl (C=O) groups excluding carboxylic acids is 3. The smallest absolute Gasteiger partial charge is 0.395 e. The summed E-state index contributed by atoms with van der Waals surface area (Å²) in [5.74, 6) is -1.26. The number of nitrogens with zero attached hydrogens (tertiary/aromatic N) is 1. The van der Waals surface area contributed by atoms with Crippen LogP contribution in [0.2, 0.25) is 0 Å². The molecule has 1 heterocycles. The Morgan fingerprint density at radius 2 is 1.80 bits per heavy atom. The van der Waals surface area contributed by atoms with E-state index in [1.807, 2.05) is 4.72 Å². The van der Waals surface area contributed by atoms with Gasteiger partial charge < -0.3 is 20.5 Å². The zero-order chi connectivity index (χ0) is 22.1. The van der Waals surface area contributed by atoms with Crippen molar-refractivity contribution in [2.45, 2.75) is 18.2 Å². The first-order valence-electron chi connectivity index (χ1n) is 8.75. The summed E-state index contributed by atoms with van der Waals surface area (Å²) in [6.45, 7) is 1.43. The maximum Gasteiger partial charge on any atom is 0.414 e. The molecule has 3 amide bonds. The van der Waals surface area contributed by atoms with Crippen LogP contribution >= 0.6 is 0 Å². The van der Waals surface area contributed by atoms with Crippen molar-refractivity contribution in [1.82, 2.24) is 15.0 Å². The SMILES string of the molecule is CCC(=O)Nc1ccc(S(=O)(=O)NC(=O)c2ccc(OC(=O)NCCO)nc2)cc1. The van der Waals surface area contributed by atoms with Gasteiger partial charge in [0.25, 0.3) is 15.9 Å². The predicted octanol–water partition coefficient (Wildman–Crippen LogP) is 0.629. The normalized spacial score (nSPS) is 10.7. The van der Waals surface area contributed by atoms with Gasteiger partial charge in [-0.05, 0) is 30.3 Å². The summed E-state index contributed by atoms with van der Waals surface area (Å²) in [6.07, 6.45) is 0.486. The first-order valence-corrected chi connectivity index (χ1v) is 10.2. The first-order chi connectivity index (χ1) is 14.2. The van der Waals surface area contributed by atoms with Gasteiger partial charge in [-0.3, -0.25) is 9.59 Å². The Balaban J connectivity index is 2.02. The molecule has 0 unspecified atom stereocenters. The van der Waals surface area contributed by atoms with E-state index in [0.29, 0.717) is 5.69 Å². The zero-order valence-corrected chi connectivity index (χ0v) is 16.7. The molecule has 0 spiro atoms. The zero-order valence-electron chi connectivity index (χ0n) is 15.9. The second kappa shape index (κ2) is 10.3. The van der Waals surface area contributed by atoms with Crippen LogP contribution in [-0.2, 0) is 14.8 Å². The summed E-state index contributed by atoms with van der Waals surface area (Å²) in [5, 5.41) is 13.5. The Morgan fingerprint density at radius 1 is 1.10 bits per heavy atom. The molecule has 12 heteroatoms. The molecule has 160 valence electrons. The molecule has 11 nitrogen and oxygen atoms in total.